The van der Waals surface area contributed by atoms with Crippen LogP contribution in [0.1, 0.15) is 50.6 Å². The highest BCUT2D eigenvalue weighted by molar-refractivity contribution is 5.79. The van der Waals surface area contributed by atoms with Crippen LogP contribution in [0.2, 0.25) is 0 Å². The first-order valence-corrected chi connectivity index (χ1v) is 7.53. The number of aromatic nitrogens is 2. The molecule has 20 heavy (non-hydrogen) atoms. The van der Waals surface area contributed by atoms with Crippen LogP contribution >= 0.6 is 0 Å². The first kappa shape index (κ1) is 13.4. The summed E-state index contributed by atoms with van der Waals surface area (Å²) in [6.07, 6.45) is 6.07. The molecule has 2 N–H and O–H groups in total. The molecule has 3 rings (SSSR count). The van der Waals surface area contributed by atoms with E-state index in [0.717, 1.165) is 24.3 Å². The Morgan fingerprint density at radius 1 is 1.40 bits per heavy atom. The molecular formula is C16H22FN3. The number of hydrogen-bond donors (Lipinski definition) is 1. The minimum absolute atomic E-state index is 0.211. The van der Waals surface area contributed by atoms with Crippen molar-refractivity contribution in [3.05, 3.63) is 23.5 Å². The number of halogens is 1. The van der Waals surface area contributed by atoms with E-state index in [9.17, 15) is 4.39 Å². The van der Waals surface area contributed by atoms with Crippen molar-refractivity contribution in [1.82, 2.24) is 9.55 Å². The van der Waals surface area contributed by atoms with Gasteiger partial charge in [-0.05, 0) is 37.3 Å². The van der Waals surface area contributed by atoms with Gasteiger partial charge in [0, 0.05) is 12.1 Å². The summed E-state index contributed by atoms with van der Waals surface area (Å²) in [5.41, 5.74) is 8.40. The Labute approximate surface area is 119 Å². The highest BCUT2D eigenvalue weighted by Crippen LogP contribution is 2.37. The predicted octanol–water partition coefficient (Wildman–Crippen LogP) is 4.21. The second-order valence-electron chi connectivity index (χ2n) is 6.02. The number of benzene rings is 1. The largest absolute Gasteiger partial charge is 0.369 e. The molecule has 3 nitrogen and oxygen atoms in total. The number of hydrogen-bond acceptors (Lipinski definition) is 2. The Bertz CT molecular complexity index is 632. The maximum Gasteiger partial charge on any atom is 0.201 e. The molecule has 0 saturated heterocycles. The van der Waals surface area contributed by atoms with Gasteiger partial charge in [0.05, 0.1) is 11.0 Å². The van der Waals surface area contributed by atoms with E-state index in [0.29, 0.717) is 23.1 Å². The Morgan fingerprint density at radius 2 is 2.20 bits per heavy atom. The molecule has 0 aliphatic heterocycles. The van der Waals surface area contributed by atoms with Crippen molar-refractivity contribution in [2.24, 2.45) is 5.92 Å². The summed E-state index contributed by atoms with van der Waals surface area (Å²) in [6, 6.07) is 3.78. The summed E-state index contributed by atoms with van der Waals surface area (Å²) >= 11 is 0. The van der Waals surface area contributed by atoms with Gasteiger partial charge in [0.1, 0.15) is 5.82 Å². The van der Waals surface area contributed by atoms with Crippen LogP contribution in [0.3, 0.4) is 0 Å². The van der Waals surface area contributed by atoms with Crippen LogP contribution in [0.5, 0.6) is 0 Å². The minimum atomic E-state index is -0.211. The van der Waals surface area contributed by atoms with Crippen LogP contribution in [-0.4, -0.2) is 9.55 Å². The van der Waals surface area contributed by atoms with Gasteiger partial charge in [-0.2, -0.15) is 0 Å². The molecule has 0 radical (unpaired) electrons. The van der Waals surface area contributed by atoms with Gasteiger partial charge in [-0.15, -0.1) is 0 Å². The van der Waals surface area contributed by atoms with E-state index in [4.69, 9.17) is 5.73 Å². The summed E-state index contributed by atoms with van der Waals surface area (Å²) in [5.74, 6) is 1.08. The Kier molecular flexibility index (Phi) is 3.40. The Hall–Kier alpha value is -1.58. The van der Waals surface area contributed by atoms with Crippen molar-refractivity contribution in [3.63, 3.8) is 0 Å². The van der Waals surface area contributed by atoms with Crippen molar-refractivity contribution in [2.75, 3.05) is 5.73 Å². The number of imidazole rings is 1. The van der Waals surface area contributed by atoms with Crippen molar-refractivity contribution >= 4 is 17.0 Å². The molecule has 1 heterocycles. The van der Waals surface area contributed by atoms with Crippen LogP contribution in [-0.2, 0) is 0 Å². The van der Waals surface area contributed by atoms with Gasteiger partial charge in [-0.3, -0.25) is 0 Å². The zero-order valence-electron chi connectivity index (χ0n) is 12.2. The zero-order chi connectivity index (χ0) is 14.3. The third kappa shape index (κ3) is 2.17. The monoisotopic (exact) mass is 275 g/mol. The number of rotatable bonds is 2. The lowest BCUT2D eigenvalue weighted by molar-refractivity contribution is 0.267. The van der Waals surface area contributed by atoms with Crippen LogP contribution in [0, 0.1) is 18.7 Å². The summed E-state index contributed by atoms with van der Waals surface area (Å²) in [5, 5.41) is 0. The fourth-order valence-electron chi connectivity index (χ4n) is 3.49. The van der Waals surface area contributed by atoms with Crippen LogP contribution in [0.25, 0.3) is 11.0 Å². The molecule has 1 aliphatic carbocycles. The molecule has 1 fully saturated rings. The molecule has 108 valence electrons. The van der Waals surface area contributed by atoms with Crippen molar-refractivity contribution in [3.8, 4) is 0 Å². The molecule has 2 atom stereocenters. The average molecular weight is 275 g/mol. The number of fused-ring (bicyclic) bond motifs is 1. The first-order valence-electron chi connectivity index (χ1n) is 7.53. The van der Waals surface area contributed by atoms with E-state index in [2.05, 4.69) is 16.5 Å². The maximum atomic E-state index is 13.7. The maximum absolute atomic E-state index is 13.7. The molecule has 1 aromatic carbocycles. The minimum Gasteiger partial charge on any atom is -0.369 e. The molecule has 0 amide bonds. The summed E-state index contributed by atoms with van der Waals surface area (Å²) in [4.78, 5) is 4.34. The van der Waals surface area contributed by atoms with E-state index in [1.165, 1.54) is 25.3 Å². The fourth-order valence-corrected chi connectivity index (χ4v) is 3.49. The van der Waals surface area contributed by atoms with Gasteiger partial charge < -0.3 is 10.3 Å². The zero-order valence-corrected chi connectivity index (χ0v) is 12.2. The fraction of sp³-hybridized carbons (Fsp3) is 0.562. The third-order valence-corrected chi connectivity index (χ3v) is 4.69. The number of nitrogens with zero attached hydrogens (tertiary/aromatic N) is 2. The van der Waals surface area contributed by atoms with Gasteiger partial charge >= 0.3 is 0 Å². The highest BCUT2D eigenvalue weighted by Gasteiger charge is 2.25. The summed E-state index contributed by atoms with van der Waals surface area (Å²) in [6.45, 7) is 4.04. The normalized spacial score (nSPS) is 23.4. The third-order valence-electron chi connectivity index (χ3n) is 4.69. The molecular weight excluding hydrogens is 253 g/mol. The van der Waals surface area contributed by atoms with Crippen molar-refractivity contribution in [1.29, 1.82) is 0 Å². The summed E-state index contributed by atoms with van der Waals surface area (Å²) in [7, 11) is 0. The quantitative estimate of drug-likeness (QED) is 0.892. The molecule has 4 heteroatoms. The molecule has 1 aliphatic rings. The predicted molar refractivity (Wildman–Crippen MR) is 80.1 cm³/mol. The lowest BCUT2D eigenvalue weighted by atomic mass is 9.84. The number of aryl methyl sites for hydroxylation is 1. The van der Waals surface area contributed by atoms with E-state index < -0.39 is 0 Å². The topological polar surface area (TPSA) is 43.8 Å². The van der Waals surface area contributed by atoms with Gasteiger partial charge in [-0.25, -0.2) is 9.37 Å². The highest BCUT2D eigenvalue weighted by atomic mass is 19.1. The Morgan fingerprint density at radius 3 is 2.95 bits per heavy atom. The average Bonchev–Trinajstić information content (AvgIpc) is 2.74. The SMILES string of the molecule is CCC1CCCC(n2c(N)nc3cc(F)c(C)cc32)C1. The van der Waals surface area contributed by atoms with Crippen molar-refractivity contribution in [2.45, 2.75) is 52.0 Å². The molecule has 0 spiro atoms. The van der Waals surface area contributed by atoms with E-state index in [1.807, 2.05) is 6.07 Å². The molecule has 1 saturated carbocycles. The van der Waals surface area contributed by atoms with Crippen LogP contribution in [0.15, 0.2) is 12.1 Å². The molecule has 0 bridgehead atoms. The summed E-state index contributed by atoms with van der Waals surface area (Å²) < 4.78 is 15.8. The standard InChI is InChI=1S/C16H22FN3/c1-3-11-5-4-6-12(8-11)20-15-7-10(2)13(17)9-14(15)19-16(20)18/h7,9,11-12H,3-6,8H2,1-2H3,(H2,18,19). The Balaban J connectivity index is 2.06. The van der Waals surface area contributed by atoms with Crippen molar-refractivity contribution < 1.29 is 4.39 Å². The van der Waals surface area contributed by atoms with Gasteiger partial charge in [-0.1, -0.05) is 26.2 Å². The smallest absolute Gasteiger partial charge is 0.201 e. The van der Waals surface area contributed by atoms with Crippen LogP contribution in [0.4, 0.5) is 10.3 Å². The first-order chi connectivity index (χ1) is 9.60. The van der Waals surface area contributed by atoms with Crippen LogP contribution < -0.4 is 5.73 Å². The van der Waals surface area contributed by atoms with Gasteiger partial charge in [0.2, 0.25) is 5.95 Å². The second-order valence-corrected chi connectivity index (χ2v) is 6.02. The van der Waals surface area contributed by atoms with Gasteiger partial charge in [0.25, 0.3) is 0 Å². The second kappa shape index (κ2) is 5.08. The lowest BCUT2D eigenvalue weighted by Gasteiger charge is -2.30. The number of nitrogens with two attached hydrogens (primary N) is 1. The lowest BCUT2D eigenvalue weighted by Crippen LogP contribution is -2.20. The van der Waals surface area contributed by atoms with E-state index in [1.54, 1.807) is 6.92 Å². The van der Waals surface area contributed by atoms with E-state index in [-0.39, 0.29) is 5.82 Å². The van der Waals surface area contributed by atoms with Gasteiger partial charge in [0.15, 0.2) is 0 Å². The molecule has 1 aromatic heterocycles. The molecule has 2 unspecified atom stereocenters. The van der Waals surface area contributed by atoms with E-state index >= 15 is 0 Å². The number of nitrogen functional groups attached to an aromatic ring is 1. The molecule has 2 aromatic rings. The number of anilines is 1.